The molecule has 31 heavy (non-hydrogen) atoms. The van der Waals surface area contributed by atoms with E-state index in [9.17, 15) is 4.79 Å². The van der Waals surface area contributed by atoms with Crippen LogP contribution in [0.5, 0.6) is 5.75 Å². The largest absolute Gasteiger partial charge is 0.489 e. The summed E-state index contributed by atoms with van der Waals surface area (Å²) >= 11 is 3.71. The highest BCUT2D eigenvalue weighted by Crippen LogP contribution is 2.21. The molecule has 0 radical (unpaired) electrons. The van der Waals surface area contributed by atoms with E-state index in [4.69, 9.17) is 4.74 Å². The smallest absolute Gasteiger partial charge is 0.274 e. The lowest BCUT2D eigenvalue weighted by Gasteiger charge is -2.06. The van der Waals surface area contributed by atoms with Crippen LogP contribution in [0.15, 0.2) is 65.5 Å². The summed E-state index contributed by atoms with van der Waals surface area (Å²) in [6.45, 7) is 4.65. The summed E-state index contributed by atoms with van der Waals surface area (Å²) in [7, 11) is 0. The van der Waals surface area contributed by atoms with Gasteiger partial charge in [0.2, 0.25) is 0 Å². The quantitative estimate of drug-likeness (QED) is 0.294. The van der Waals surface area contributed by atoms with Crippen LogP contribution in [0.25, 0.3) is 22.1 Å². The molecule has 2 aromatic heterocycles. The standard InChI is InChI=1S/C25H19IN2O2S/c1-15-11-21-22(12-16(15)2)28-24(29)23(31-25(28)27-21)13-17-5-9-20(10-6-17)30-14-18-3-7-19(26)8-4-18/h3-13H,14H2,1-2H3/b23-13-. The predicted octanol–water partition coefficient (Wildman–Crippen LogP) is 5.26. The average Bonchev–Trinajstić information content (AvgIpc) is 3.25. The third-order valence-electron chi connectivity index (χ3n) is 5.35. The number of fused-ring (bicyclic) bond motifs is 3. The van der Waals surface area contributed by atoms with E-state index < -0.39 is 0 Å². The van der Waals surface area contributed by atoms with Crippen molar-refractivity contribution in [2.45, 2.75) is 20.5 Å². The minimum absolute atomic E-state index is 0.0233. The van der Waals surface area contributed by atoms with Gasteiger partial charge in [-0.05, 0) is 101 Å². The van der Waals surface area contributed by atoms with E-state index in [2.05, 4.69) is 65.7 Å². The Morgan fingerprint density at radius 3 is 2.48 bits per heavy atom. The van der Waals surface area contributed by atoms with Gasteiger partial charge in [-0.3, -0.25) is 4.79 Å². The van der Waals surface area contributed by atoms with Crippen LogP contribution in [0.1, 0.15) is 22.3 Å². The van der Waals surface area contributed by atoms with Gasteiger partial charge >= 0.3 is 0 Å². The van der Waals surface area contributed by atoms with Crippen molar-refractivity contribution in [1.82, 2.24) is 9.38 Å². The van der Waals surface area contributed by atoms with E-state index >= 15 is 0 Å². The molecule has 6 heteroatoms. The second-order valence-corrected chi connectivity index (χ2v) is 9.81. The maximum Gasteiger partial charge on any atom is 0.274 e. The third kappa shape index (κ3) is 3.97. The van der Waals surface area contributed by atoms with Gasteiger partial charge in [-0.15, -0.1) is 0 Å². The molecule has 4 nitrogen and oxygen atoms in total. The summed E-state index contributed by atoms with van der Waals surface area (Å²) in [5.74, 6) is 0.802. The molecule has 3 aromatic carbocycles. The molecule has 0 aliphatic heterocycles. The summed E-state index contributed by atoms with van der Waals surface area (Å²) in [6.07, 6.45) is 1.91. The monoisotopic (exact) mass is 538 g/mol. The van der Waals surface area contributed by atoms with Crippen molar-refractivity contribution in [2.75, 3.05) is 0 Å². The number of hydrogen-bond donors (Lipinski definition) is 0. The fraction of sp³-hybridized carbons (Fsp3) is 0.120. The van der Waals surface area contributed by atoms with Crippen LogP contribution < -0.4 is 14.8 Å². The SMILES string of the molecule is Cc1cc2nc3s/c(=C\c4ccc(OCc5ccc(I)cc5)cc4)c(=O)n3c2cc1C. The number of aryl methyl sites for hydroxylation is 2. The van der Waals surface area contributed by atoms with E-state index in [0.29, 0.717) is 11.1 Å². The molecular formula is C25H19IN2O2S. The maximum atomic E-state index is 13.0. The molecule has 0 atom stereocenters. The number of aromatic nitrogens is 2. The van der Waals surface area contributed by atoms with Gasteiger partial charge in [-0.2, -0.15) is 0 Å². The van der Waals surface area contributed by atoms with Gasteiger partial charge in [-0.1, -0.05) is 35.6 Å². The Hall–Kier alpha value is -2.71. The Labute approximate surface area is 197 Å². The van der Waals surface area contributed by atoms with Gasteiger partial charge in [0.1, 0.15) is 12.4 Å². The first-order valence-corrected chi connectivity index (χ1v) is 11.8. The van der Waals surface area contributed by atoms with Crippen molar-refractivity contribution in [3.63, 3.8) is 0 Å². The number of benzene rings is 3. The Morgan fingerprint density at radius 1 is 1.03 bits per heavy atom. The molecule has 0 aliphatic rings. The summed E-state index contributed by atoms with van der Waals surface area (Å²) in [5, 5.41) is 0. The number of thiazole rings is 1. The Bertz CT molecular complexity index is 1520. The molecular weight excluding hydrogens is 519 g/mol. The summed E-state index contributed by atoms with van der Waals surface area (Å²) in [6, 6.07) is 20.2. The van der Waals surface area contributed by atoms with Crippen molar-refractivity contribution >= 4 is 56.0 Å². The third-order valence-corrected chi connectivity index (χ3v) is 7.04. The summed E-state index contributed by atoms with van der Waals surface area (Å²) in [4.78, 5) is 18.4. The number of halogens is 1. The summed E-state index contributed by atoms with van der Waals surface area (Å²) in [5.41, 5.74) is 6.15. The Kier molecular flexibility index (Phi) is 5.27. The van der Waals surface area contributed by atoms with Crippen molar-refractivity contribution in [1.29, 1.82) is 0 Å². The van der Waals surface area contributed by atoms with Crippen LogP contribution >= 0.6 is 33.9 Å². The number of ether oxygens (including phenoxy) is 1. The average molecular weight is 538 g/mol. The summed E-state index contributed by atoms with van der Waals surface area (Å²) < 4.78 is 9.48. The van der Waals surface area contributed by atoms with Gasteiger partial charge in [0, 0.05) is 3.57 Å². The van der Waals surface area contributed by atoms with Gasteiger partial charge in [-0.25, -0.2) is 9.38 Å². The van der Waals surface area contributed by atoms with Crippen LogP contribution in [-0.2, 0) is 6.61 Å². The van der Waals surface area contributed by atoms with Gasteiger partial charge in [0.15, 0.2) is 4.96 Å². The Balaban J connectivity index is 1.42. The zero-order chi connectivity index (χ0) is 21.5. The molecule has 0 bridgehead atoms. The van der Waals surface area contributed by atoms with Crippen molar-refractivity contribution in [3.8, 4) is 5.75 Å². The Morgan fingerprint density at radius 2 is 1.74 bits per heavy atom. The van der Waals surface area contributed by atoms with Crippen molar-refractivity contribution in [2.24, 2.45) is 0 Å². The molecule has 0 saturated heterocycles. The zero-order valence-corrected chi connectivity index (χ0v) is 20.0. The molecule has 0 amide bonds. The molecule has 5 rings (SSSR count). The fourth-order valence-corrected chi connectivity index (χ4v) is 4.82. The molecule has 0 unspecified atom stereocenters. The van der Waals surface area contributed by atoms with E-state index in [0.717, 1.165) is 38.4 Å². The minimum atomic E-state index is -0.0233. The normalized spacial score (nSPS) is 12.2. The number of hydrogen-bond acceptors (Lipinski definition) is 4. The molecule has 0 fully saturated rings. The molecule has 0 saturated carbocycles. The molecule has 0 N–H and O–H groups in total. The lowest BCUT2D eigenvalue weighted by Crippen LogP contribution is -2.22. The molecule has 5 aromatic rings. The van der Waals surface area contributed by atoms with Gasteiger partial charge in [0.05, 0.1) is 15.6 Å². The van der Waals surface area contributed by atoms with Crippen LogP contribution in [0, 0.1) is 17.4 Å². The van der Waals surface area contributed by atoms with Crippen LogP contribution in [0.4, 0.5) is 0 Å². The number of imidazole rings is 1. The van der Waals surface area contributed by atoms with Gasteiger partial charge in [0.25, 0.3) is 5.56 Å². The van der Waals surface area contributed by atoms with Crippen LogP contribution in [0.3, 0.4) is 0 Å². The fourth-order valence-electron chi connectivity index (χ4n) is 3.48. The lowest BCUT2D eigenvalue weighted by atomic mass is 10.1. The number of nitrogens with zero attached hydrogens (tertiary/aromatic N) is 2. The predicted molar refractivity (Wildman–Crippen MR) is 135 cm³/mol. The highest BCUT2D eigenvalue weighted by molar-refractivity contribution is 14.1. The first-order valence-electron chi connectivity index (χ1n) is 9.89. The van der Waals surface area contributed by atoms with E-state index in [-0.39, 0.29) is 5.56 Å². The lowest BCUT2D eigenvalue weighted by molar-refractivity contribution is 0.306. The van der Waals surface area contributed by atoms with Crippen molar-refractivity contribution < 1.29 is 4.74 Å². The topological polar surface area (TPSA) is 43.6 Å². The van der Waals surface area contributed by atoms with E-state index in [1.165, 1.54) is 20.5 Å². The van der Waals surface area contributed by atoms with Gasteiger partial charge < -0.3 is 4.74 Å². The second-order valence-electron chi connectivity index (χ2n) is 7.55. The highest BCUT2D eigenvalue weighted by atomic mass is 127. The van der Waals surface area contributed by atoms with Crippen LogP contribution in [0.2, 0.25) is 0 Å². The van der Waals surface area contributed by atoms with E-state index in [1.54, 1.807) is 4.40 Å². The molecule has 2 heterocycles. The molecule has 0 spiro atoms. The highest BCUT2D eigenvalue weighted by Gasteiger charge is 2.12. The van der Waals surface area contributed by atoms with E-state index in [1.807, 2.05) is 42.5 Å². The van der Waals surface area contributed by atoms with Crippen molar-refractivity contribution in [3.05, 3.63) is 101 Å². The van der Waals surface area contributed by atoms with Crippen LogP contribution in [-0.4, -0.2) is 9.38 Å². The minimum Gasteiger partial charge on any atom is -0.489 e. The second kappa shape index (κ2) is 8.09. The first-order chi connectivity index (χ1) is 15.0. The first kappa shape index (κ1) is 20.2. The zero-order valence-electron chi connectivity index (χ0n) is 17.1. The number of rotatable bonds is 4. The molecule has 0 aliphatic carbocycles. The maximum absolute atomic E-state index is 13.0. The molecule has 154 valence electrons.